The number of methoxy groups -OCH3 is 3. The van der Waals surface area contributed by atoms with Gasteiger partial charge in [0.25, 0.3) is 0 Å². The number of carbonyl (C=O) groups excluding carboxylic acids is 1. The van der Waals surface area contributed by atoms with E-state index in [1.165, 1.54) is 0 Å². The molecule has 1 aliphatic rings. The highest BCUT2D eigenvalue weighted by Crippen LogP contribution is 2.40. The van der Waals surface area contributed by atoms with Crippen LogP contribution in [0.3, 0.4) is 0 Å². The van der Waals surface area contributed by atoms with Crippen molar-refractivity contribution in [1.29, 1.82) is 0 Å². The number of hydrogen-bond acceptors (Lipinski definition) is 5. The van der Waals surface area contributed by atoms with Gasteiger partial charge in [-0.25, -0.2) is 0 Å². The number of rotatable bonds is 7. The average Bonchev–Trinajstić information content (AvgIpc) is 2.78. The molecule has 1 amide bonds. The van der Waals surface area contributed by atoms with Crippen molar-refractivity contribution in [3.8, 4) is 17.2 Å². The predicted molar refractivity (Wildman–Crippen MR) is 122 cm³/mol. The summed E-state index contributed by atoms with van der Waals surface area (Å²) in [5.41, 5.74) is 1.40. The Kier molecular flexibility index (Phi) is 7.34. The van der Waals surface area contributed by atoms with E-state index in [9.17, 15) is 4.79 Å². The second-order valence-electron chi connectivity index (χ2n) is 8.19. The van der Waals surface area contributed by atoms with Gasteiger partial charge in [-0.3, -0.25) is 9.69 Å². The second-order valence-corrected chi connectivity index (χ2v) is 8.63. The van der Waals surface area contributed by atoms with E-state index < -0.39 is 5.41 Å². The molecule has 0 saturated carbocycles. The third-order valence-electron chi connectivity index (χ3n) is 5.94. The maximum atomic E-state index is 13.2. The molecule has 0 radical (unpaired) electrons. The van der Waals surface area contributed by atoms with Crippen LogP contribution in [0.15, 0.2) is 36.4 Å². The van der Waals surface area contributed by atoms with Gasteiger partial charge in [0, 0.05) is 43.3 Å². The van der Waals surface area contributed by atoms with E-state index >= 15 is 0 Å². The molecule has 0 spiro atoms. The van der Waals surface area contributed by atoms with Crippen molar-refractivity contribution in [2.75, 3.05) is 47.5 Å². The van der Waals surface area contributed by atoms with Gasteiger partial charge in [-0.1, -0.05) is 29.8 Å². The number of nitrogens with zero attached hydrogens (tertiary/aromatic N) is 2. The highest BCUT2D eigenvalue weighted by molar-refractivity contribution is 6.30. The Balaban J connectivity index is 1.66. The fraction of sp³-hybridized carbons (Fsp3) is 0.458. The topological polar surface area (TPSA) is 51.2 Å². The van der Waals surface area contributed by atoms with Crippen LogP contribution < -0.4 is 14.2 Å². The van der Waals surface area contributed by atoms with Crippen LogP contribution in [0, 0.1) is 0 Å². The minimum atomic E-state index is -0.598. The Morgan fingerprint density at radius 3 is 2.06 bits per heavy atom. The van der Waals surface area contributed by atoms with E-state index in [0.717, 1.165) is 24.2 Å². The predicted octanol–water partition coefficient (Wildman–Crippen LogP) is 3.99. The SMILES string of the molecule is COc1ccc(CN2CCN(C(=O)C(C)(C)c3ccc(Cl)cc3)CC2)c(OC)c1OC. The van der Waals surface area contributed by atoms with Crippen LogP contribution in [0.4, 0.5) is 0 Å². The third kappa shape index (κ3) is 4.91. The van der Waals surface area contributed by atoms with Crippen molar-refractivity contribution in [2.24, 2.45) is 0 Å². The lowest BCUT2D eigenvalue weighted by Crippen LogP contribution is -2.52. The summed E-state index contributed by atoms with van der Waals surface area (Å²) in [6.07, 6.45) is 0. The first-order valence-electron chi connectivity index (χ1n) is 10.4. The first-order valence-corrected chi connectivity index (χ1v) is 10.7. The van der Waals surface area contributed by atoms with Crippen molar-refractivity contribution >= 4 is 17.5 Å². The number of ether oxygens (including phenoxy) is 3. The zero-order valence-electron chi connectivity index (χ0n) is 18.9. The third-order valence-corrected chi connectivity index (χ3v) is 6.19. The van der Waals surface area contributed by atoms with Crippen LogP contribution in [0.1, 0.15) is 25.0 Å². The minimum Gasteiger partial charge on any atom is -0.493 e. The summed E-state index contributed by atoms with van der Waals surface area (Å²) >= 11 is 6.01. The van der Waals surface area contributed by atoms with Gasteiger partial charge >= 0.3 is 0 Å². The standard InChI is InChI=1S/C24H31ClN2O4/c1-24(2,18-7-9-19(25)10-8-18)23(28)27-14-12-26(13-15-27)16-17-6-11-20(29-3)22(31-5)21(17)30-4/h6-11H,12-16H2,1-5H3. The molecular weight excluding hydrogens is 416 g/mol. The summed E-state index contributed by atoms with van der Waals surface area (Å²) in [4.78, 5) is 17.5. The molecule has 0 aromatic heterocycles. The maximum absolute atomic E-state index is 13.2. The fourth-order valence-corrected chi connectivity index (χ4v) is 4.15. The monoisotopic (exact) mass is 446 g/mol. The first-order chi connectivity index (χ1) is 14.8. The molecular formula is C24H31ClN2O4. The van der Waals surface area contributed by atoms with Crippen molar-refractivity contribution in [2.45, 2.75) is 25.8 Å². The summed E-state index contributed by atoms with van der Waals surface area (Å²) in [6.45, 7) is 7.61. The lowest BCUT2D eigenvalue weighted by molar-refractivity contribution is -0.138. The minimum absolute atomic E-state index is 0.137. The highest BCUT2D eigenvalue weighted by atomic mass is 35.5. The molecule has 2 aromatic carbocycles. The lowest BCUT2D eigenvalue weighted by atomic mass is 9.83. The Labute approximate surface area is 189 Å². The molecule has 1 fully saturated rings. The van der Waals surface area contributed by atoms with Crippen molar-refractivity contribution in [3.05, 3.63) is 52.5 Å². The normalized spacial score (nSPS) is 15.0. The second kappa shape index (κ2) is 9.79. The summed E-state index contributed by atoms with van der Waals surface area (Å²) in [5, 5.41) is 0.672. The van der Waals surface area contributed by atoms with Gasteiger partial charge in [-0.2, -0.15) is 0 Å². The molecule has 31 heavy (non-hydrogen) atoms. The summed E-state index contributed by atoms with van der Waals surface area (Å²) < 4.78 is 16.5. The van der Waals surface area contributed by atoms with Gasteiger partial charge in [0.15, 0.2) is 11.5 Å². The Morgan fingerprint density at radius 1 is 0.903 bits per heavy atom. The summed E-state index contributed by atoms with van der Waals surface area (Å²) in [5.74, 6) is 2.06. The molecule has 2 aromatic rings. The first kappa shape index (κ1) is 23.2. The molecule has 3 rings (SSSR count). The number of benzene rings is 2. The van der Waals surface area contributed by atoms with Gasteiger partial charge in [0.05, 0.1) is 26.7 Å². The molecule has 1 aliphatic heterocycles. The van der Waals surface area contributed by atoms with E-state index in [4.69, 9.17) is 25.8 Å². The lowest BCUT2D eigenvalue weighted by Gasteiger charge is -2.39. The van der Waals surface area contributed by atoms with E-state index in [1.807, 2.05) is 55.1 Å². The fourth-order valence-electron chi connectivity index (χ4n) is 4.02. The molecule has 0 atom stereocenters. The molecule has 0 unspecified atom stereocenters. The van der Waals surface area contributed by atoms with E-state index in [2.05, 4.69) is 4.90 Å². The van der Waals surface area contributed by atoms with Crippen LogP contribution in [0.2, 0.25) is 5.02 Å². The summed E-state index contributed by atoms with van der Waals surface area (Å²) in [7, 11) is 4.85. The molecule has 168 valence electrons. The van der Waals surface area contributed by atoms with Crippen LogP contribution in [0.25, 0.3) is 0 Å². The molecule has 1 heterocycles. The van der Waals surface area contributed by atoms with Gasteiger partial charge in [-0.15, -0.1) is 0 Å². The Hall–Kier alpha value is -2.44. The van der Waals surface area contributed by atoms with Gasteiger partial charge in [0.1, 0.15) is 0 Å². The molecule has 0 N–H and O–H groups in total. The molecule has 0 bridgehead atoms. The Morgan fingerprint density at radius 2 is 1.52 bits per heavy atom. The number of hydrogen-bond donors (Lipinski definition) is 0. The van der Waals surface area contributed by atoms with E-state index in [-0.39, 0.29) is 5.91 Å². The van der Waals surface area contributed by atoms with Gasteiger partial charge in [-0.05, 0) is 37.6 Å². The quantitative estimate of drug-likeness (QED) is 0.643. The van der Waals surface area contributed by atoms with Crippen molar-refractivity contribution in [1.82, 2.24) is 9.80 Å². The number of amides is 1. The molecule has 1 saturated heterocycles. The van der Waals surface area contributed by atoms with Gasteiger partial charge < -0.3 is 19.1 Å². The average molecular weight is 447 g/mol. The van der Waals surface area contributed by atoms with Crippen LogP contribution in [-0.4, -0.2) is 63.2 Å². The van der Waals surface area contributed by atoms with E-state index in [0.29, 0.717) is 41.9 Å². The highest BCUT2D eigenvalue weighted by Gasteiger charge is 2.35. The molecule has 0 aliphatic carbocycles. The number of halogens is 1. The largest absolute Gasteiger partial charge is 0.493 e. The van der Waals surface area contributed by atoms with Gasteiger partial charge in [0.2, 0.25) is 11.7 Å². The Bertz CT molecular complexity index is 907. The van der Waals surface area contributed by atoms with Crippen LogP contribution >= 0.6 is 11.6 Å². The van der Waals surface area contributed by atoms with Crippen molar-refractivity contribution in [3.63, 3.8) is 0 Å². The van der Waals surface area contributed by atoms with Crippen molar-refractivity contribution < 1.29 is 19.0 Å². The number of carbonyl (C=O) groups is 1. The maximum Gasteiger partial charge on any atom is 0.232 e. The zero-order valence-corrected chi connectivity index (χ0v) is 19.7. The smallest absolute Gasteiger partial charge is 0.232 e. The van der Waals surface area contributed by atoms with E-state index in [1.54, 1.807) is 21.3 Å². The summed E-state index contributed by atoms with van der Waals surface area (Å²) in [6, 6.07) is 11.4. The van der Waals surface area contributed by atoms with Crippen LogP contribution in [-0.2, 0) is 16.8 Å². The molecule has 7 heteroatoms. The number of piperazine rings is 1. The zero-order chi connectivity index (χ0) is 22.6. The molecule has 6 nitrogen and oxygen atoms in total. The van der Waals surface area contributed by atoms with Crippen LogP contribution in [0.5, 0.6) is 17.2 Å².